The Bertz CT molecular complexity index is 657. The van der Waals surface area contributed by atoms with Gasteiger partial charge < -0.3 is 10.4 Å². The molecule has 8 heteroatoms. The molecule has 2 heterocycles. The monoisotopic (exact) mass is 320 g/mol. The number of hydrogen-bond acceptors (Lipinski definition) is 6. The standard InChI is InChI=1S/C14H16N4O3S/c1-8(2)5-9(14(20)21)17-12(19)11-7-22-13(18-11)10-6-15-3-4-16-10/h3-4,6-9H,5H2,1-2H3,(H,17,19)(H,20,21)/t9-/m1/s1. The predicted octanol–water partition coefficient (Wildman–Crippen LogP) is 1.83. The fourth-order valence-electron chi connectivity index (χ4n) is 1.83. The predicted molar refractivity (Wildman–Crippen MR) is 81.5 cm³/mol. The maximum absolute atomic E-state index is 12.1. The van der Waals surface area contributed by atoms with E-state index in [0.29, 0.717) is 17.1 Å². The average Bonchev–Trinajstić information content (AvgIpc) is 2.96. The van der Waals surface area contributed by atoms with Crippen molar-refractivity contribution >= 4 is 23.2 Å². The van der Waals surface area contributed by atoms with E-state index < -0.39 is 17.9 Å². The Hall–Kier alpha value is -2.35. The van der Waals surface area contributed by atoms with Crippen molar-refractivity contribution in [1.29, 1.82) is 0 Å². The van der Waals surface area contributed by atoms with E-state index in [2.05, 4.69) is 20.3 Å². The lowest BCUT2D eigenvalue weighted by Gasteiger charge is -2.15. The molecule has 0 aliphatic rings. The number of hydrogen-bond donors (Lipinski definition) is 2. The summed E-state index contributed by atoms with van der Waals surface area (Å²) >= 11 is 1.26. The molecule has 2 N–H and O–H groups in total. The van der Waals surface area contributed by atoms with Gasteiger partial charge in [0.2, 0.25) is 0 Å². The molecule has 0 bridgehead atoms. The highest BCUT2D eigenvalue weighted by Crippen LogP contribution is 2.20. The van der Waals surface area contributed by atoms with E-state index in [4.69, 9.17) is 5.11 Å². The van der Waals surface area contributed by atoms with Crippen LogP contribution in [0.25, 0.3) is 10.7 Å². The first kappa shape index (κ1) is 16.0. The Morgan fingerprint density at radius 2 is 2.14 bits per heavy atom. The lowest BCUT2D eigenvalue weighted by molar-refractivity contribution is -0.139. The number of carboxylic acid groups (broad SMARTS) is 1. The van der Waals surface area contributed by atoms with Crippen LogP contribution < -0.4 is 5.32 Å². The van der Waals surface area contributed by atoms with Crippen LogP contribution in [0.1, 0.15) is 30.8 Å². The van der Waals surface area contributed by atoms with Gasteiger partial charge in [-0.1, -0.05) is 13.8 Å². The van der Waals surface area contributed by atoms with Crippen LogP contribution in [0.5, 0.6) is 0 Å². The van der Waals surface area contributed by atoms with Crippen molar-refractivity contribution in [3.63, 3.8) is 0 Å². The number of rotatable bonds is 6. The molecule has 116 valence electrons. The zero-order valence-electron chi connectivity index (χ0n) is 12.2. The van der Waals surface area contributed by atoms with Crippen LogP contribution >= 0.6 is 11.3 Å². The van der Waals surface area contributed by atoms with Gasteiger partial charge >= 0.3 is 5.97 Å². The maximum Gasteiger partial charge on any atom is 0.326 e. The van der Waals surface area contributed by atoms with Crippen LogP contribution in [-0.2, 0) is 4.79 Å². The lowest BCUT2D eigenvalue weighted by atomic mass is 10.0. The number of thiazole rings is 1. The van der Waals surface area contributed by atoms with Gasteiger partial charge in [-0.05, 0) is 12.3 Å². The molecule has 0 saturated carbocycles. The summed E-state index contributed by atoms with van der Waals surface area (Å²) in [6.07, 6.45) is 5.01. The molecule has 7 nitrogen and oxygen atoms in total. The molecule has 0 radical (unpaired) electrons. The fourth-order valence-corrected chi connectivity index (χ4v) is 2.59. The Balaban J connectivity index is 2.10. The highest BCUT2D eigenvalue weighted by molar-refractivity contribution is 7.13. The number of carbonyl (C=O) groups excluding carboxylic acids is 1. The lowest BCUT2D eigenvalue weighted by Crippen LogP contribution is -2.41. The third-order valence-corrected chi connectivity index (χ3v) is 3.69. The van der Waals surface area contributed by atoms with Gasteiger partial charge in [0.05, 0.1) is 6.20 Å². The average molecular weight is 320 g/mol. The van der Waals surface area contributed by atoms with Crippen LogP contribution in [0.15, 0.2) is 24.0 Å². The first-order valence-corrected chi connectivity index (χ1v) is 7.61. The molecule has 2 aromatic heterocycles. The summed E-state index contributed by atoms with van der Waals surface area (Å²) in [6.45, 7) is 3.80. The molecule has 0 fully saturated rings. The number of nitrogens with one attached hydrogen (secondary N) is 1. The van der Waals surface area contributed by atoms with E-state index in [-0.39, 0.29) is 11.6 Å². The van der Waals surface area contributed by atoms with Crippen molar-refractivity contribution in [2.45, 2.75) is 26.3 Å². The summed E-state index contributed by atoms with van der Waals surface area (Å²) < 4.78 is 0. The smallest absolute Gasteiger partial charge is 0.326 e. The van der Waals surface area contributed by atoms with Gasteiger partial charge in [0.1, 0.15) is 22.4 Å². The quantitative estimate of drug-likeness (QED) is 0.841. The third kappa shape index (κ3) is 4.08. The van der Waals surface area contributed by atoms with E-state index in [1.807, 2.05) is 13.8 Å². The van der Waals surface area contributed by atoms with Crippen molar-refractivity contribution in [3.8, 4) is 10.7 Å². The summed E-state index contributed by atoms with van der Waals surface area (Å²) in [6, 6.07) is -0.922. The number of carbonyl (C=O) groups is 2. The second-order valence-electron chi connectivity index (χ2n) is 5.12. The van der Waals surface area contributed by atoms with Crippen molar-refractivity contribution < 1.29 is 14.7 Å². The molecule has 1 amide bonds. The van der Waals surface area contributed by atoms with Gasteiger partial charge in [-0.15, -0.1) is 11.3 Å². The molecule has 1 atom stereocenters. The van der Waals surface area contributed by atoms with Crippen LogP contribution in [-0.4, -0.2) is 38.0 Å². The minimum Gasteiger partial charge on any atom is -0.480 e. The molecule has 0 aliphatic heterocycles. The summed E-state index contributed by atoms with van der Waals surface area (Å²) in [5.74, 6) is -1.39. The Labute approximate surface area is 131 Å². The largest absolute Gasteiger partial charge is 0.480 e. The first-order valence-electron chi connectivity index (χ1n) is 6.73. The third-order valence-electron chi connectivity index (χ3n) is 2.83. The van der Waals surface area contributed by atoms with Crippen LogP contribution in [0.4, 0.5) is 0 Å². The molecule has 0 spiro atoms. The summed E-state index contributed by atoms with van der Waals surface area (Å²) in [5, 5.41) is 13.8. The van der Waals surface area contributed by atoms with Crippen molar-refractivity contribution in [2.75, 3.05) is 0 Å². The number of aromatic nitrogens is 3. The number of amides is 1. The van der Waals surface area contributed by atoms with E-state index in [1.54, 1.807) is 24.0 Å². The van der Waals surface area contributed by atoms with E-state index in [1.165, 1.54) is 11.3 Å². The summed E-state index contributed by atoms with van der Waals surface area (Å²) in [7, 11) is 0. The van der Waals surface area contributed by atoms with Crippen LogP contribution in [0.3, 0.4) is 0 Å². The molecular formula is C14H16N4O3S. The van der Waals surface area contributed by atoms with Crippen LogP contribution in [0.2, 0.25) is 0 Å². The SMILES string of the molecule is CC(C)C[C@@H](NC(=O)c1csc(-c2cnccn2)n1)C(=O)O. The second-order valence-corrected chi connectivity index (χ2v) is 5.98. The molecule has 2 rings (SSSR count). The Morgan fingerprint density at radius 1 is 1.36 bits per heavy atom. The van der Waals surface area contributed by atoms with Gasteiger partial charge in [-0.2, -0.15) is 0 Å². The first-order chi connectivity index (χ1) is 10.5. The maximum atomic E-state index is 12.1. The van der Waals surface area contributed by atoms with Gasteiger partial charge in [0.15, 0.2) is 0 Å². The molecule has 0 unspecified atom stereocenters. The van der Waals surface area contributed by atoms with Crippen molar-refractivity contribution in [3.05, 3.63) is 29.7 Å². The van der Waals surface area contributed by atoms with E-state index in [9.17, 15) is 9.59 Å². The highest BCUT2D eigenvalue weighted by Gasteiger charge is 2.23. The van der Waals surface area contributed by atoms with Gasteiger partial charge in [-0.3, -0.25) is 14.8 Å². The van der Waals surface area contributed by atoms with Crippen molar-refractivity contribution in [1.82, 2.24) is 20.3 Å². The number of nitrogens with zero attached hydrogens (tertiary/aromatic N) is 3. The number of carboxylic acids is 1. The number of aliphatic carboxylic acids is 1. The molecule has 0 aromatic carbocycles. The molecule has 22 heavy (non-hydrogen) atoms. The van der Waals surface area contributed by atoms with E-state index >= 15 is 0 Å². The summed E-state index contributed by atoms with van der Waals surface area (Å²) in [5.41, 5.74) is 0.754. The van der Waals surface area contributed by atoms with Crippen molar-refractivity contribution in [2.24, 2.45) is 5.92 Å². The van der Waals surface area contributed by atoms with Crippen LogP contribution in [0, 0.1) is 5.92 Å². The molecular weight excluding hydrogens is 304 g/mol. The topological polar surface area (TPSA) is 105 Å². The van der Waals surface area contributed by atoms with Gasteiger partial charge in [0.25, 0.3) is 5.91 Å². The van der Waals surface area contributed by atoms with E-state index in [0.717, 1.165) is 0 Å². The highest BCUT2D eigenvalue weighted by atomic mass is 32.1. The Morgan fingerprint density at radius 3 is 2.73 bits per heavy atom. The van der Waals surface area contributed by atoms with Gasteiger partial charge in [-0.25, -0.2) is 9.78 Å². The normalized spacial score (nSPS) is 12.1. The zero-order chi connectivity index (χ0) is 16.1. The minimum atomic E-state index is -1.05. The summed E-state index contributed by atoms with van der Waals surface area (Å²) in [4.78, 5) is 35.5. The fraction of sp³-hybridized carbons (Fsp3) is 0.357. The second kappa shape index (κ2) is 7.08. The Kier molecular flexibility index (Phi) is 5.16. The molecule has 0 saturated heterocycles. The molecule has 0 aliphatic carbocycles. The zero-order valence-corrected chi connectivity index (χ0v) is 13.0. The molecule has 2 aromatic rings. The minimum absolute atomic E-state index is 0.159. The van der Waals surface area contributed by atoms with Gasteiger partial charge in [0, 0.05) is 17.8 Å².